The number of rotatable bonds is 12. The van der Waals surface area contributed by atoms with E-state index in [1.54, 1.807) is 31.2 Å². The standard InChI is InChI=1S/C32H30Cl3N3O6S/c1-4-37(5-2)23-11-8-19(27(16-23)44-18-20-7-9-21(33)14-26(20)35)13-28-30(40)38(32(42)45-28)17-29(39)36-22-10-12-25(34)24(15-22)31(41)43-6-3/h7-16H,4-6,17-18H2,1-3H3,(H,36,39)/b28-13+. The molecule has 0 radical (unpaired) electrons. The summed E-state index contributed by atoms with van der Waals surface area (Å²) < 4.78 is 11.2. The second-order valence-electron chi connectivity index (χ2n) is 9.65. The number of ether oxygens (including phenoxy) is 2. The van der Waals surface area contributed by atoms with Crippen molar-refractivity contribution in [1.82, 2.24) is 4.90 Å². The van der Waals surface area contributed by atoms with Crippen molar-refractivity contribution in [3.63, 3.8) is 0 Å². The summed E-state index contributed by atoms with van der Waals surface area (Å²) in [4.78, 5) is 54.2. The zero-order valence-electron chi connectivity index (χ0n) is 24.7. The van der Waals surface area contributed by atoms with Crippen LogP contribution in [-0.2, 0) is 20.9 Å². The number of thioether (sulfide) groups is 1. The molecule has 45 heavy (non-hydrogen) atoms. The highest BCUT2D eigenvalue weighted by Crippen LogP contribution is 2.36. The summed E-state index contributed by atoms with van der Waals surface area (Å²) in [6.07, 6.45) is 1.57. The number of nitrogens with zero attached hydrogens (tertiary/aromatic N) is 2. The zero-order valence-corrected chi connectivity index (χ0v) is 27.8. The molecule has 1 aliphatic rings. The van der Waals surface area contributed by atoms with Crippen molar-refractivity contribution in [1.29, 1.82) is 0 Å². The van der Waals surface area contributed by atoms with Crippen molar-refractivity contribution in [2.75, 3.05) is 36.5 Å². The first-order chi connectivity index (χ1) is 21.5. The molecule has 0 aromatic heterocycles. The van der Waals surface area contributed by atoms with Crippen LogP contribution in [0.15, 0.2) is 59.5 Å². The van der Waals surface area contributed by atoms with Crippen LogP contribution in [0.2, 0.25) is 15.1 Å². The molecule has 0 saturated carbocycles. The van der Waals surface area contributed by atoms with Crippen LogP contribution in [0.5, 0.6) is 5.75 Å². The number of halogens is 3. The molecule has 4 rings (SSSR count). The van der Waals surface area contributed by atoms with Crippen LogP contribution in [0.3, 0.4) is 0 Å². The van der Waals surface area contributed by atoms with Crippen molar-refractivity contribution in [2.45, 2.75) is 27.4 Å². The van der Waals surface area contributed by atoms with Crippen molar-refractivity contribution < 1.29 is 28.7 Å². The molecule has 9 nitrogen and oxygen atoms in total. The van der Waals surface area contributed by atoms with E-state index in [0.717, 1.165) is 41.0 Å². The summed E-state index contributed by atoms with van der Waals surface area (Å²) in [6.45, 7) is 7.08. The Hall–Kier alpha value is -3.70. The van der Waals surface area contributed by atoms with Crippen molar-refractivity contribution in [2.24, 2.45) is 0 Å². The molecule has 1 fully saturated rings. The summed E-state index contributed by atoms with van der Waals surface area (Å²) in [5.74, 6) is -1.42. The van der Waals surface area contributed by atoms with E-state index in [4.69, 9.17) is 44.3 Å². The van der Waals surface area contributed by atoms with Crippen LogP contribution in [-0.4, -0.2) is 54.2 Å². The second kappa shape index (κ2) is 15.5. The third-order valence-electron chi connectivity index (χ3n) is 6.73. The molecule has 1 N–H and O–H groups in total. The fourth-order valence-electron chi connectivity index (χ4n) is 4.44. The lowest BCUT2D eigenvalue weighted by Gasteiger charge is -2.22. The topological polar surface area (TPSA) is 105 Å². The molecule has 0 spiro atoms. The zero-order chi connectivity index (χ0) is 32.7. The minimum Gasteiger partial charge on any atom is -0.488 e. The molecule has 1 aliphatic heterocycles. The first-order valence-corrected chi connectivity index (χ1v) is 16.0. The maximum absolute atomic E-state index is 13.3. The molecule has 3 amide bonds. The normalized spacial score (nSPS) is 13.7. The fraction of sp³-hybridized carbons (Fsp3) is 0.250. The largest absolute Gasteiger partial charge is 0.488 e. The van der Waals surface area contributed by atoms with Gasteiger partial charge in [-0.2, -0.15) is 0 Å². The molecule has 0 unspecified atom stereocenters. The summed E-state index contributed by atoms with van der Waals surface area (Å²) in [7, 11) is 0. The Morgan fingerprint density at radius 3 is 2.40 bits per heavy atom. The van der Waals surface area contributed by atoms with Gasteiger partial charge in [0.2, 0.25) is 5.91 Å². The maximum atomic E-state index is 13.3. The second-order valence-corrected chi connectivity index (χ2v) is 11.9. The molecule has 0 atom stereocenters. The number of esters is 1. The van der Waals surface area contributed by atoms with E-state index >= 15 is 0 Å². The van der Waals surface area contributed by atoms with E-state index in [0.29, 0.717) is 21.4 Å². The van der Waals surface area contributed by atoms with Crippen LogP contribution >= 0.6 is 46.6 Å². The smallest absolute Gasteiger partial charge is 0.339 e. The van der Waals surface area contributed by atoms with Crippen LogP contribution in [0.1, 0.15) is 42.3 Å². The lowest BCUT2D eigenvalue weighted by Crippen LogP contribution is -2.36. The average Bonchev–Trinajstić information content (AvgIpc) is 3.26. The Morgan fingerprint density at radius 1 is 0.956 bits per heavy atom. The van der Waals surface area contributed by atoms with Gasteiger partial charge in [-0.1, -0.05) is 40.9 Å². The predicted molar refractivity (Wildman–Crippen MR) is 180 cm³/mol. The molecule has 0 aliphatic carbocycles. The first kappa shape index (κ1) is 34.2. The Kier molecular flexibility index (Phi) is 11.8. The van der Waals surface area contributed by atoms with Gasteiger partial charge in [-0.25, -0.2) is 4.79 Å². The van der Waals surface area contributed by atoms with Gasteiger partial charge in [-0.3, -0.25) is 19.3 Å². The summed E-state index contributed by atoms with van der Waals surface area (Å²) in [5.41, 5.74) is 2.55. The number of imide groups is 1. The molecule has 13 heteroatoms. The highest BCUT2D eigenvalue weighted by atomic mass is 35.5. The summed E-state index contributed by atoms with van der Waals surface area (Å²) >= 11 is 19.2. The van der Waals surface area contributed by atoms with Gasteiger partial charge < -0.3 is 19.7 Å². The summed E-state index contributed by atoms with van der Waals surface area (Å²) in [5, 5.41) is 3.12. The monoisotopic (exact) mass is 689 g/mol. The number of carbonyl (C=O) groups is 4. The SMILES string of the molecule is CCOC(=O)c1cc(NC(=O)CN2C(=O)S/C(=C/c3ccc(N(CC)CC)cc3OCc3ccc(Cl)cc3Cl)C2=O)ccc1Cl. The van der Waals surface area contributed by atoms with Crippen LogP contribution in [0.4, 0.5) is 16.2 Å². The lowest BCUT2D eigenvalue weighted by atomic mass is 10.1. The van der Waals surface area contributed by atoms with Crippen LogP contribution < -0.4 is 15.0 Å². The average molecular weight is 691 g/mol. The van der Waals surface area contributed by atoms with E-state index in [9.17, 15) is 19.2 Å². The van der Waals surface area contributed by atoms with Gasteiger partial charge in [0.15, 0.2) is 0 Å². The maximum Gasteiger partial charge on any atom is 0.339 e. The Balaban J connectivity index is 1.53. The first-order valence-electron chi connectivity index (χ1n) is 14.0. The van der Waals surface area contributed by atoms with E-state index in [1.165, 1.54) is 18.2 Å². The molecule has 0 bridgehead atoms. The minimum absolute atomic E-state index is 0.0776. The van der Waals surface area contributed by atoms with Crippen molar-refractivity contribution in [3.05, 3.63) is 91.3 Å². The summed E-state index contributed by atoms with van der Waals surface area (Å²) in [6, 6.07) is 15.0. The molecular weight excluding hydrogens is 661 g/mol. The molecule has 1 saturated heterocycles. The van der Waals surface area contributed by atoms with Gasteiger partial charge in [-0.15, -0.1) is 0 Å². The number of benzene rings is 3. The van der Waals surface area contributed by atoms with Gasteiger partial charge in [0.05, 0.1) is 22.1 Å². The van der Waals surface area contributed by atoms with Crippen LogP contribution in [0, 0.1) is 0 Å². The van der Waals surface area contributed by atoms with Gasteiger partial charge >= 0.3 is 5.97 Å². The van der Waals surface area contributed by atoms with E-state index in [1.807, 2.05) is 32.0 Å². The highest BCUT2D eigenvalue weighted by molar-refractivity contribution is 8.18. The minimum atomic E-state index is -0.639. The van der Waals surface area contributed by atoms with Gasteiger partial charge in [-0.05, 0) is 81.1 Å². The van der Waals surface area contributed by atoms with E-state index in [-0.39, 0.29) is 34.4 Å². The van der Waals surface area contributed by atoms with Crippen molar-refractivity contribution in [3.8, 4) is 5.75 Å². The van der Waals surface area contributed by atoms with E-state index in [2.05, 4.69) is 10.2 Å². The van der Waals surface area contributed by atoms with Crippen molar-refractivity contribution >= 4 is 87.0 Å². The van der Waals surface area contributed by atoms with Crippen LogP contribution in [0.25, 0.3) is 6.08 Å². The molecule has 3 aromatic rings. The van der Waals surface area contributed by atoms with Gasteiger partial charge in [0, 0.05) is 51.7 Å². The number of amides is 3. The molecular formula is C32H30Cl3N3O6S. The number of hydrogen-bond donors (Lipinski definition) is 1. The molecule has 236 valence electrons. The molecule has 1 heterocycles. The van der Waals surface area contributed by atoms with E-state index < -0.39 is 29.6 Å². The lowest BCUT2D eigenvalue weighted by molar-refractivity contribution is -0.127. The third kappa shape index (κ3) is 8.52. The number of carbonyl (C=O) groups excluding carboxylic acids is 4. The predicted octanol–water partition coefficient (Wildman–Crippen LogP) is 7.92. The number of hydrogen-bond acceptors (Lipinski definition) is 8. The molecule has 3 aromatic carbocycles. The highest BCUT2D eigenvalue weighted by Gasteiger charge is 2.36. The Labute approximate surface area is 280 Å². The van der Waals surface area contributed by atoms with Gasteiger partial charge in [0.25, 0.3) is 11.1 Å². The Morgan fingerprint density at radius 2 is 1.71 bits per heavy atom. The third-order valence-corrected chi connectivity index (χ3v) is 8.56. The Bertz CT molecular complexity index is 1660. The number of anilines is 2. The van der Waals surface area contributed by atoms with Gasteiger partial charge in [0.1, 0.15) is 18.9 Å². The fourth-order valence-corrected chi connectivity index (χ4v) is 5.92. The number of nitrogens with one attached hydrogen (secondary N) is 1. The quantitative estimate of drug-likeness (QED) is 0.151.